The second-order valence-electron chi connectivity index (χ2n) is 9.48. The van der Waals surface area contributed by atoms with Crippen LogP contribution in [0.15, 0.2) is 0 Å². The summed E-state index contributed by atoms with van der Waals surface area (Å²) < 4.78 is 12.8. The van der Waals surface area contributed by atoms with Gasteiger partial charge >= 0.3 is 0 Å². The molecule has 0 aromatic carbocycles. The highest BCUT2D eigenvalue weighted by molar-refractivity contribution is 6.74. The van der Waals surface area contributed by atoms with Crippen molar-refractivity contribution in [1.82, 2.24) is 0 Å². The Labute approximate surface area is 140 Å². The fourth-order valence-corrected chi connectivity index (χ4v) is 3.85. The topological polar surface area (TPSA) is 35.5 Å². The van der Waals surface area contributed by atoms with E-state index in [4.69, 9.17) is 8.85 Å². The second kappa shape index (κ2) is 7.28. The lowest BCUT2D eigenvalue weighted by Gasteiger charge is -2.42. The van der Waals surface area contributed by atoms with Crippen LogP contribution in [0.4, 0.5) is 0 Å². The smallest absolute Gasteiger partial charge is 0.192 e. The molecule has 132 valence electrons. The maximum atomic E-state index is 11.3. The highest BCUT2D eigenvalue weighted by Crippen LogP contribution is 2.39. The van der Waals surface area contributed by atoms with E-state index in [2.05, 4.69) is 67.7 Å². The van der Waals surface area contributed by atoms with Gasteiger partial charge in [0.1, 0.15) is 6.29 Å². The van der Waals surface area contributed by atoms with E-state index in [-0.39, 0.29) is 22.1 Å². The van der Waals surface area contributed by atoms with Gasteiger partial charge in [-0.1, -0.05) is 48.5 Å². The average Bonchev–Trinajstić information content (AvgIpc) is 2.30. The van der Waals surface area contributed by atoms with E-state index < -0.39 is 16.6 Å². The van der Waals surface area contributed by atoms with Gasteiger partial charge in [-0.25, -0.2) is 0 Å². The summed E-state index contributed by atoms with van der Waals surface area (Å²) in [4.78, 5) is 11.3. The standard InChI is InChI=1S/C17H38O3Si2/c1-14(12-18)15(20-22(10,11)17(5,6)7)13-19-21(8,9)16(2,3)4/h12,14-15H,13H2,1-11H3/t14-,15-/m1/s1. The predicted octanol–water partition coefficient (Wildman–Crippen LogP) is 5.23. The van der Waals surface area contributed by atoms with Crippen LogP contribution in [0.2, 0.25) is 36.3 Å². The van der Waals surface area contributed by atoms with Crippen LogP contribution in [0.25, 0.3) is 0 Å². The summed E-state index contributed by atoms with van der Waals surface area (Å²) in [6.45, 7) is 24.7. The van der Waals surface area contributed by atoms with Gasteiger partial charge in [-0.15, -0.1) is 0 Å². The molecule has 0 heterocycles. The Balaban J connectivity index is 5.08. The van der Waals surface area contributed by atoms with E-state index in [1.54, 1.807) is 0 Å². The van der Waals surface area contributed by atoms with Gasteiger partial charge in [-0.2, -0.15) is 0 Å². The first-order chi connectivity index (χ1) is 9.55. The van der Waals surface area contributed by atoms with Crippen LogP contribution in [-0.2, 0) is 13.6 Å². The quantitative estimate of drug-likeness (QED) is 0.467. The first-order valence-corrected chi connectivity index (χ1v) is 14.1. The molecule has 0 amide bonds. The second-order valence-corrected chi connectivity index (χ2v) is 19.0. The molecule has 0 aliphatic rings. The Morgan fingerprint density at radius 3 is 1.64 bits per heavy atom. The molecule has 0 spiro atoms. The molecule has 2 atom stereocenters. The Hall–Kier alpha value is 0.0238. The lowest BCUT2D eigenvalue weighted by atomic mass is 10.1. The molecule has 22 heavy (non-hydrogen) atoms. The first-order valence-electron chi connectivity index (χ1n) is 8.32. The molecule has 0 rings (SSSR count). The van der Waals surface area contributed by atoms with Gasteiger partial charge < -0.3 is 13.6 Å². The van der Waals surface area contributed by atoms with Crippen molar-refractivity contribution in [3.8, 4) is 0 Å². The Morgan fingerprint density at radius 2 is 1.32 bits per heavy atom. The van der Waals surface area contributed by atoms with Crippen molar-refractivity contribution >= 4 is 22.9 Å². The van der Waals surface area contributed by atoms with Gasteiger partial charge in [0.2, 0.25) is 0 Å². The third-order valence-corrected chi connectivity index (χ3v) is 14.5. The third-order valence-electron chi connectivity index (χ3n) is 5.47. The zero-order valence-corrected chi connectivity index (χ0v) is 18.7. The molecule has 0 saturated heterocycles. The molecule has 0 aliphatic carbocycles. The fourth-order valence-electron chi connectivity index (χ4n) is 1.44. The molecule has 0 unspecified atom stereocenters. The third kappa shape index (κ3) is 5.91. The van der Waals surface area contributed by atoms with Crippen molar-refractivity contribution in [3.63, 3.8) is 0 Å². The van der Waals surface area contributed by atoms with Gasteiger partial charge in [-0.3, -0.25) is 0 Å². The largest absolute Gasteiger partial charge is 0.414 e. The summed E-state index contributed by atoms with van der Waals surface area (Å²) in [7, 11) is -3.74. The Bertz CT molecular complexity index is 365. The normalized spacial score (nSPS) is 17.2. The van der Waals surface area contributed by atoms with Crippen LogP contribution in [0.5, 0.6) is 0 Å². The summed E-state index contributed by atoms with van der Waals surface area (Å²) in [6.07, 6.45) is 0.847. The van der Waals surface area contributed by atoms with Crippen molar-refractivity contribution < 1.29 is 13.6 Å². The van der Waals surface area contributed by atoms with Crippen LogP contribution in [0, 0.1) is 5.92 Å². The van der Waals surface area contributed by atoms with Crippen molar-refractivity contribution in [2.24, 2.45) is 5.92 Å². The monoisotopic (exact) mass is 346 g/mol. The van der Waals surface area contributed by atoms with Gasteiger partial charge in [0.25, 0.3) is 0 Å². The van der Waals surface area contributed by atoms with Crippen molar-refractivity contribution in [2.45, 2.75) is 90.8 Å². The molecule has 0 aliphatic heterocycles. The summed E-state index contributed by atoms with van der Waals surface area (Å²) in [5.74, 6) is -0.140. The number of carbonyl (C=O) groups is 1. The summed E-state index contributed by atoms with van der Waals surface area (Å²) in [6, 6.07) is 0. The Morgan fingerprint density at radius 1 is 0.909 bits per heavy atom. The van der Waals surface area contributed by atoms with Crippen molar-refractivity contribution in [3.05, 3.63) is 0 Å². The SMILES string of the molecule is C[C@H](C=O)[C@@H](CO[Si](C)(C)C(C)(C)C)O[Si](C)(C)C(C)(C)C. The molecule has 0 N–H and O–H groups in total. The average molecular weight is 347 g/mol. The van der Waals surface area contributed by atoms with E-state index in [1.807, 2.05) is 6.92 Å². The molecule has 3 nitrogen and oxygen atoms in total. The number of hydrogen-bond donors (Lipinski definition) is 0. The molecular weight excluding hydrogens is 308 g/mol. The molecule has 0 aromatic heterocycles. The van der Waals surface area contributed by atoms with E-state index in [0.29, 0.717) is 6.61 Å². The van der Waals surface area contributed by atoms with Crippen molar-refractivity contribution in [2.75, 3.05) is 6.61 Å². The Kier molecular flexibility index (Phi) is 7.29. The number of aldehydes is 1. The van der Waals surface area contributed by atoms with Crippen molar-refractivity contribution in [1.29, 1.82) is 0 Å². The molecule has 0 radical (unpaired) electrons. The molecule has 5 heteroatoms. The number of hydrogen-bond acceptors (Lipinski definition) is 3. The van der Waals surface area contributed by atoms with Crippen LogP contribution < -0.4 is 0 Å². The maximum Gasteiger partial charge on any atom is 0.192 e. The summed E-state index contributed by atoms with van der Waals surface area (Å²) in [5.41, 5.74) is 0. The summed E-state index contributed by atoms with van der Waals surface area (Å²) in [5, 5.41) is 0.295. The highest BCUT2D eigenvalue weighted by atomic mass is 28.4. The first kappa shape index (κ1) is 22.0. The summed E-state index contributed by atoms with van der Waals surface area (Å²) >= 11 is 0. The van der Waals surface area contributed by atoms with Crippen LogP contribution >= 0.6 is 0 Å². The van der Waals surface area contributed by atoms with Gasteiger partial charge in [-0.05, 0) is 36.3 Å². The highest BCUT2D eigenvalue weighted by Gasteiger charge is 2.42. The number of carbonyl (C=O) groups excluding carboxylic acids is 1. The van der Waals surface area contributed by atoms with Gasteiger partial charge in [0.05, 0.1) is 12.7 Å². The van der Waals surface area contributed by atoms with Crippen LogP contribution in [0.1, 0.15) is 48.5 Å². The fraction of sp³-hybridized carbons (Fsp3) is 0.941. The van der Waals surface area contributed by atoms with Crippen LogP contribution in [0.3, 0.4) is 0 Å². The lowest BCUT2D eigenvalue weighted by Crippen LogP contribution is -2.49. The van der Waals surface area contributed by atoms with E-state index in [1.165, 1.54) is 0 Å². The van der Waals surface area contributed by atoms with E-state index >= 15 is 0 Å². The number of rotatable bonds is 7. The molecule has 0 bridgehead atoms. The van der Waals surface area contributed by atoms with Gasteiger partial charge in [0.15, 0.2) is 16.6 Å². The zero-order valence-electron chi connectivity index (χ0n) is 16.7. The molecule has 0 aromatic rings. The maximum absolute atomic E-state index is 11.3. The molecule has 0 saturated carbocycles. The minimum Gasteiger partial charge on any atom is -0.414 e. The predicted molar refractivity (Wildman–Crippen MR) is 100 cm³/mol. The van der Waals surface area contributed by atoms with E-state index in [9.17, 15) is 4.79 Å². The van der Waals surface area contributed by atoms with E-state index in [0.717, 1.165) is 6.29 Å². The minimum absolute atomic E-state index is 0.130. The zero-order chi connectivity index (χ0) is 18.0. The minimum atomic E-state index is -1.91. The van der Waals surface area contributed by atoms with Crippen LogP contribution in [-0.4, -0.2) is 35.6 Å². The van der Waals surface area contributed by atoms with Gasteiger partial charge in [0, 0.05) is 5.92 Å². The molecule has 0 fully saturated rings. The molecular formula is C17H38O3Si2. The lowest BCUT2D eigenvalue weighted by molar-refractivity contribution is -0.114.